The number of carbonyl (C=O) groups excluding carboxylic acids is 1. The molecular formula is C16H20N2O6S. The summed E-state index contributed by atoms with van der Waals surface area (Å²) in [5.74, 6) is -1.39. The first-order valence-corrected chi connectivity index (χ1v) is 9.18. The van der Waals surface area contributed by atoms with Crippen LogP contribution in [-0.4, -0.2) is 62.6 Å². The van der Waals surface area contributed by atoms with Gasteiger partial charge in [0.15, 0.2) is 0 Å². The molecule has 0 aliphatic carbocycles. The second-order valence-electron chi connectivity index (χ2n) is 5.52. The monoisotopic (exact) mass is 368 g/mol. The average Bonchev–Trinajstić information content (AvgIpc) is 2.60. The van der Waals surface area contributed by atoms with E-state index in [1.807, 2.05) is 0 Å². The number of carboxylic acid groups (broad SMARTS) is 1. The Morgan fingerprint density at radius 3 is 2.40 bits per heavy atom. The van der Waals surface area contributed by atoms with Crippen LogP contribution < -0.4 is 4.72 Å². The molecule has 1 aromatic carbocycles. The fourth-order valence-corrected chi connectivity index (χ4v) is 3.36. The Balaban J connectivity index is 2.02. The van der Waals surface area contributed by atoms with Crippen molar-refractivity contribution in [2.45, 2.75) is 17.9 Å². The van der Waals surface area contributed by atoms with E-state index in [-0.39, 0.29) is 10.8 Å². The molecule has 9 heteroatoms. The average molecular weight is 368 g/mol. The lowest BCUT2D eigenvalue weighted by Gasteiger charge is -2.25. The van der Waals surface area contributed by atoms with Gasteiger partial charge in [0.2, 0.25) is 15.9 Å². The number of morpholine rings is 1. The van der Waals surface area contributed by atoms with Crippen molar-refractivity contribution in [3.8, 4) is 0 Å². The van der Waals surface area contributed by atoms with Gasteiger partial charge in [0.05, 0.1) is 18.1 Å². The standard InChI is InChI=1S/C16H20N2O6S/c1-12(16(20)21)17-25(22,23)14-5-2-13(3-6-14)4-7-15(19)18-8-10-24-11-9-18/h2-7,12,17H,8-11H2,1H3,(H,20,21)/b7-4+. The van der Waals surface area contributed by atoms with E-state index in [0.29, 0.717) is 31.9 Å². The summed E-state index contributed by atoms with van der Waals surface area (Å²) in [6, 6.07) is 4.58. The summed E-state index contributed by atoms with van der Waals surface area (Å²) in [5.41, 5.74) is 0.659. The summed E-state index contributed by atoms with van der Waals surface area (Å²) in [7, 11) is -3.91. The minimum absolute atomic E-state index is 0.0442. The maximum Gasteiger partial charge on any atom is 0.321 e. The number of aliphatic carboxylic acids is 1. The maximum absolute atomic E-state index is 12.1. The van der Waals surface area contributed by atoms with Crippen molar-refractivity contribution in [2.75, 3.05) is 26.3 Å². The minimum Gasteiger partial charge on any atom is -0.480 e. The van der Waals surface area contributed by atoms with E-state index in [1.165, 1.54) is 25.1 Å². The van der Waals surface area contributed by atoms with Gasteiger partial charge in [-0.1, -0.05) is 12.1 Å². The molecule has 1 heterocycles. The predicted octanol–water partition coefficient (Wildman–Crippen LogP) is 0.310. The van der Waals surface area contributed by atoms with Crippen LogP contribution in [0.4, 0.5) is 0 Å². The highest BCUT2D eigenvalue weighted by molar-refractivity contribution is 7.89. The van der Waals surface area contributed by atoms with Gasteiger partial charge < -0.3 is 14.7 Å². The van der Waals surface area contributed by atoms with Crippen LogP contribution in [0.3, 0.4) is 0 Å². The molecule has 0 radical (unpaired) electrons. The smallest absolute Gasteiger partial charge is 0.321 e. The van der Waals surface area contributed by atoms with E-state index in [0.717, 1.165) is 0 Å². The van der Waals surface area contributed by atoms with Gasteiger partial charge in [-0.05, 0) is 30.7 Å². The van der Waals surface area contributed by atoms with Crippen molar-refractivity contribution < 1.29 is 27.9 Å². The van der Waals surface area contributed by atoms with Crippen molar-refractivity contribution in [2.24, 2.45) is 0 Å². The van der Waals surface area contributed by atoms with Gasteiger partial charge in [-0.25, -0.2) is 8.42 Å². The molecule has 2 rings (SSSR count). The number of hydrogen-bond acceptors (Lipinski definition) is 5. The van der Waals surface area contributed by atoms with E-state index < -0.39 is 22.0 Å². The molecule has 1 saturated heterocycles. The number of amides is 1. The van der Waals surface area contributed by atoms with E-state index in [2.05, 4.69) is 4.72 Å². The second-order valence-corrected chi connectivity index (χ2v) is 7.24. The van der Waals surface area contributed by atoms with Crippen molar-refractivity contribution in [1.82, 2.24) is 9.62 Å². The van der Waals surface area contributed by atoms with Crippen molar-refractivity contribution in [1.29, 1.82) is 0 Å². The Labute approximate surface area is 146 Å². The first-order chi connectivity index (χ1) is 11.8. The quantitative estimate of drug-likeness (QED) is 0.699. The Hall–Kier alpha value is -2.23. The Morgan fingerprint density at radius 1 is 1.24 bits per heavy atom. The molecular weight excluding hydrogens is 348 g/mol. The van der Waals surface area contributed by atoms with Crippen LogP contribution in [-0.2, 0) is 24.3 Å². The summed E-state index contributed by atoms with van der Waals surface area (Å²) in [5, 5.41) is 8.79. The highest BCUT2D eigenvalue weighted by Crippen LogP contribution is 2.12. The number of sulfonamides is 1. The van der Waals surface area contributed by atoms with Gasteiger partial charge in [0, 0.05) is 19.2 Å². The molecule has 25 heavy (non-hydrogen) atoms. The number of carbonyl (C=O) groups is 2. The highest BCUT2D eigenvalue weighted by Gasteiger charge is 2.21. The third-order valence-electron chi connectivity index (χ3n) is 3.63. The van der Waals surface area contributed by atoms with Crippen LogP contribution >= 0.6 is 0 Å². The van der Waals surface area contributed by atoms with Crippen LogP contribution in [0.15, 0.2) is 35.2 Å². The van der Waals surface area contributed by atoms with E-state index in [9.17, 15) is 18.0 Å². The molecule has 1 amide bonds. The lowest BCUT2D eigenvalue weighted by Crippen LogP contribution is -2.39. The predicted molar refractivity (Wildman–Crippen MR) is 90.3 cm³/mol. The maximum atomic E-state index is 12.1. The molecule has 8 nitrogen and oxygen atoms in total. The first-order valence-electron chi connectivity index (χ1n) is 7.69. The molecule has 0 saturated carbocycles. The molecule has 1 atom stereocenters. The Kier molecular flexibility index (Phi) is 6.29. The summed E-state index contributed by atoms with van der Waals surface area (Å²) < 4.78 is 31.4. The molecule has 1 aromatic rings. The SMILES string of the molecule is CC(NS(=O)(=O)c1ccc(/C=C/C(=O)N2CCOCC2)cc1)C(=O)O. The molecule has 1 aliphatic rings. The zero-order chi connectivity index (χ0) is 18.4. The molecule has 136 valence electrons. The van der Waals surface area contributed by atoms with Crippen LogP contribution in [0, 0.1) is 0 Å². The van der Waals surface area contributed by atoms with Gasteiger partial charge in [0.25, 0.3) is 0 Å². The number of benzene rings is 1. The largest absolute Gasteiger partial charge is 0.480 e. The summed E-state index contributed by atoms with van der Waals surface area (Å²) in [6.45, 7) is 3.39. The molecule has 0 bridgehead atoms. The van der Waals surface area contributed by atoms with Crippen LogP contribution in [0.25, 0.3) is 6.08 Å². The number of hydrogen-bond donors (Lipinski definition) is 2. The topological polar surface area (TPSA) is 113 Å². The number of nitrogens with one attached hydrogen (secondary N) is 1. The van der Waals surface area contributed by atoms with Crippen molar-refractivity contribution >= 4 is 28.0 Å². The number of nitrogens with zero attached hydrogens (tertiary/aromatic N) is 1. The highest BCUT2D eigenvalue weighted by atomic mass is 32.2. The Bertz CT molecular complexity index is 751. The van der Waals surface area contributed by atoms with E-state index >= 15 is 0 Å². The fourth-order valence-electron chi connectivity index (χ4n) is 2.17. The van der Waals surface area contributed by atoms with Gasteiger partial charge in [0.1, 0.15) is 6.04 Å². The van der Waals surface area contributed by atoms with Gasteiger partial charge in [-0.2, -0.15) is 4.72 Å². The first kappa shape index (κ1) is 19.1. The normalized spacial score (nSPS) is 16.8. The second kappa shape index (κ2) is 8.24. The number of carboxylic acids is 1. The van der Waals surface area contributed by atoms with Gasteiger partial charge >= 0.3 is 5.97 Å². The van der Waals surface area contributed by atoms with Crippen LogP contribution in [0.2, 0.25) is 0 Å². The number of rotatable bonds is 6. The van der Waals surface area contributed by atoms with Crippen molar-refractivity contribution in [3.63, 3.8) is 0 Å². The van der Waals surface area contributed by atoms with E-state index in [4.69, 9.17) is 9.84 Å². The molecule has 1 fully saturated rings. The summed E-state index contributed by atoms with van der Waals surface area (Å²) in [6.07, 6.45) is 3.03. The van der Waals surface area contributed by atoms with E-state index in [1.54, 1.807) is 23.1 Å². The molecule has 0 spiro atoms. The van der Waals surface area contributed by atoms with Crippen LogP contribution in [0.1, 0.15) is 12.5 Å². The van der Waals surface area contributed by atoms with Crippen molar-refractivity contribution in [3.05, 3.63) is 35.9 Å². The number of ether oxygens (including phenoxy) is 1. The molecule has 0 aromatic heterocycles. The lowest BCUT2D eigenvalue weighted by molar-refractivity contribution is -0.138. The molecule has 2 N–H and O–H groups in total. The molecule has 1 unspecified atom stereocenters. The zero-order valence-corrected chi connectivity index (χ0v) is 14.5. The van der Waals surface area contributed by atoms with Crippen LogP contribution in [0.5, 0.6) is 0 Å². The van der Waals surface area contributed by atoms with Gasteiger partial charge in [-0.15, -0.1) is 0 Å². The molecule has 1 aliphatic heterocycles. The third-order valence-corrected chi connectivity index (χ3v) is 5.19. The summed E-state index contributed by atoms with van der Waals surface area (Å²) in [4.78, 5) is 24.4. The zero-order valence-electron chi connectivity index (χ0n) is 13.7. The minimum atomic E-state index is -3.91. The fraction of sp³-hybridized carbons (Fsp3) is 0.375. The Morgan fingerprint density at radius 2 is 1.84 bits per heavy atom. The van der Waals surface area contributed by atoms with Gasteiger partial charge in [-0.3, -0.25) is 9.59 Å². The summed E-state index contributed by atoms with van der Waals surface area (Å²) >= 11 is 0. The lowest BCUT2D eigenvalue weighted by atomic mass is 10.2. The third kappa shape index (κ3) is 5.38.